The largest absolute Gasteiger partial charge is 0.341 e. The summed E-state index contributed by atoms with van der Waals surface area (Å²) in [6, 6.07) is 17.7. The Balaban J connectivity index is 1.61. The first-order chi connectivity index (χ1) is 12.7. The Kier molecular flexibility index (Phi) is 6.30. The van der Waals surface area contributed by atoms with Gasteiger partial charge in [-0.2, -0.15) is 0 Å². The number of hydrogen-bond donors (Lipinski definition) is 2. The van der Waals surface area contributed by atoms with E-state index in [0.717, 1.165) is 17.0 Å². The molecule has 2 amide bonds. The Morgan fingerprint density at radius 2 is 1.81 bits per heavy atom. The van der Waals surface area contributed by atoms with Gasteiger partial charge in [0.05, 0.1) is 10.9 Å². The van der Waals surface area contributed by atoms with E-state index in [4.69, 9.17) is 5.73 Å². The van der Waals surface area contributed by atoms with Crippen LogP contribution < -0.4 is 11.1 Å². The molecule has 1 aliphatic heterocycles. The molecule has 0 aromatic heterocycles. The quantitative estimate of drug-likeness (QED) is 0.786. The van der Waals surface area contributed by atoms with Crippen LogP contribution in [0, 0.1) is 0 Å². The smallest absolute Gasteiger partial charge is 0.238 e. The number of hydrogen-bond acceptors (Lipinski definition) is 4. The predicted octanol–water partition coefficient (Wildman–Crippen LogP) is 2.52. The van der Waals surface area contributed by atoms with Gasteiger partial charge in [-0.25, -0.2) is 0 Å². The monoisotopic (exact) mass is 369 g/mol. The summed E-state index contributed by atoms with van der Waals surface area (Å²) in [4.78, 5) is 27.8. The first-order valence-electron chi connectivity index (χ1n) is 8.75. The van der Waals surface area contributed by atoms with Crippen molar-refractivity contribution in [3.05, 3.63) is 60.2 Å². The summed E-state index contributed by atoms with van der Waals surface area (Å²) in [5.74, 6) is -0.142. The lowest BCUT2D eigenvalue weighted by atomic mass is 10.1. The van der Waals surface area contributed by atoms with Crippen molar-refractivity contribution in [2.45, 2.75) is 23.0 Å². The van der Waals surface area contributed by atoms with Crippen molar-refractivity contribution in [1.82, 2.24) is 4.90 Å². The van der Waals surface area contributed by atoms with Crippen molar-refractivity contribution in [3.8, 4) is 0 Å². The zero-order valence-corrected chi connectivity index (χ0v) is 15.4. The third kappa shape index (κ3) is 4.65. The number of nitrogens with zero attached hydrogens (tertiary/aromatic N) is 1. The number of carbonyl (C=O) groups excluding carboxylic acids is 2. The molecular weight excluding hydrogens is 346 g/mol. The highest BCUT2D eigenvalue weighted by Crippen LogP contribution is 2.36. The van der Waals surface area contributed by atoms with Crippen LogP contribution in [0.2, 0.25) is 0 Å². The molecule has 3 rings (SSSR count). The SMILES string of the molecule is NCCN(CCc1ccccc1)C(=O)CC1Sc2ccccc2NC1=O. The van der Waals surface area contributed by atoms with Gasteiger partial charge in [0.1, 0.15) is 0 Å². The van der Waals surface area contributed by atoms with E-state index in [1.165, 1.54) is 17.3 Å². The highest BCUT2D eigenvalue weighted by Gasteiger charge is 2.30. The van der Waals surface area contributed by atoms with Gasteiger partial charge >= 0.3 is 0 Å². The lowest BCUT2D eigenvalue weighted by Gasteiger charge is -2.27. The Morgan fingerprint density at radius 1 is 1.08 bits per heavy atom. The third-order valence-electron chi connectivity index (χ3n) is 4.33. The normalized spacial score (nSPS) is 15.9. The Bertz CT molecular complexity index is 767. The first-order valence-corrected chi connectivity index (χ1v) is 9.63. The third-order valence-corrected chi connectivity index (χ3v) is 5.61. The van der Waals surface area contributed by atoms with Gasteiger partial charge in [0.15, 0.2) is 0 Å². The Labute approximate surface area is 157 Å². The van der Waals surface area contributed by atoms with E-state index in [-0.39, 0.29) is 18.2 Å². The van der Waals surface area contributed by atoms with Crippen molar-refractivity contribution in [2.75, 3.05) is 25.0 Å². The van der Waals surface area contributed by atoms with Gasteiger partial charge in [-0.05, 0) is 24.1 Å². The Hall–Kier alpha value is -2.31. The van der Waals surface area contributed by atoms with E-state index in [0.29, 0.717) is 19.6 Å². The Morgan fingerprint density at radius 3 is 2.58 bits per heavy atom. The summed E-state index contributed by atoms with van der Waals surface area (Å²) in [6.07, 6.45) is 0.957. The molecule has 0 bridgehead atoms. The highest BCUT2D eigenvalue weighted by molar-refractivity contribution is 8.01. The predicted molar refractivity (Wildman–Crippen MR) is 105 cm³/mol. The minimum atomic E-state index is -0.408. The number of benzene rings is 2. The fourth-order valence-electron chi connectivity index (χ4n) is 2.94. The molecule has 1 aliphatic rings. The maximum Gasteiger partial charge on any atom is 0.238 e. The van der Waals surface area contributed by atoms with Crippen LogP contribution in [-0.2, 0) is 16.0 Å². The number of fused-ring (bicyclic) bond motifs is 1. The van der Waals surface area contributed by atoms with Gasteiger partial charge in [-0.3, -0.25) is 9.59 Å². The standard InChI is InChI=1S/C20H23N3O2S/c21-11-13-23(12-10-15-6-2-1-3-7-15)19(24)14-18-20(25)22-16-8-4-5-9-17(16)26-18/h1-9,18H,10-14,21H2,(H,22,25). The van der Waals surface area contributed by atoms with Crippen LogP contribution in [0.15, 0.2) is 59.5 Å². The van der Waals surface area contributed by atoms with Crippen LogP contribution in [0.1, 0.15) is 12.0 Å². The molecule has 0 radical (unpaired) electrons. The average molecular weight is 369 g/mol. The number of nitrogens with one attached hydrogen (secondary N) is 1. The first kappa shape index (κ1) is 18.5. The van der Waals surface area contributed by atoms with Gasteiger partial charge in [0, 0.05) is 31.0 Å². The maximum atomic E-state index is 12.8. The van der Waals surface area contributed by atoms with Gasteiger partial charge in [-0.15, -0.1) is 11.8 Å². The van der Waals surface area contributed by atoms with E-state index in [1.807, 2.05) is 54.6 Å². The molecule has 2 aromatic rings. The molecule has 1 atom stereocenters. The number of thioether (sulfide) groups is 1. The lowest BCUT2D eigenvalue weighted by Crippen LogP contribution is -2.40. The molecule has 1 unspecified atom stereocenters. The zero-order chi connectivity index (χ0) is 18.4. The number of amides is 2. The van der Waals surface area contributed by atoms with E-state index >= 15 is 0 Å². The number of carbonyl (C=O) groups is 2. The minimum absolute atomic E-state index is 0.0292. The van der Waals surface area contributed by atoms with Crippen LogP contribution in [0.4, 0.5) is 5.69 Å². The number of anilines is 1. The molecule has 5 nitrogen and oxygen atoms in total. The van der Waals surface area contributed by atoms with Gasteiger partial charge in [0.2, 0.25) is 11.8 Å². The summed E-state index contributed by atoms with van der Waals surface area (Å²) >= 11 is 1.45. The number of para-hydroxylation sites is 1. The fourth-order valence-corrected chi connectivity index (χ4v) is 4.04. The molecule has 3 N–H and O–H groups in total. The summed E-state index contributed by atoms with van der Waals surface area (Å²) < 4.78 is 0. The van der Waals surface area contributed by atoms with E-state index in [1.54, 1.807) is 4.90 Å². The van der Waals surface area contributed by atoms with Crippen molar-refractivity contribution < 1.29 is 9.59 Å². The second kappa shape index (κ2) is 8.87. The van der Waals surface area contributed by atoms with Gasteiger partial charge in [-0.1, -0.05) is 42.5 Å². The molecule has 0 saturated carbocycles. The average Bonchev–Trinajstić information content (AvgIpc) is 2.66. The van der Waals surface area contributed by atoms with E-state index in [2.05, 4.69) is 5.32 Å². The van der Waals surface area contributed by atoms with E-state index in [9.17, 15) is 9.59 Å². The van der Waals surface area contributed by atoms with Crippen LogP contribution in [-0.4, -0.2) is 41.6 Å². The summed E-state index contributed by atoms with van der Waals surface area (Å²) in [6.45, 7) is 1.52. The van der Waals surface area contributed by atoms with Crippen LogP contribution in [0.5, 0.6) is 0 Å². The molecule has 0 spiro atoms. The summed E-state index contributed by atoms with van der Waals surface area (Å²) in [5, 5.41) is 2.48. The van der Waals surface area contributed by atoms with Gasteiger partial charge in [0.25, 0.3) is 0 Å². The molecule has 0 aliphatic carbocycles. The molecule has 1 heterocycles. The second-order valence-electron chi connectivity index (χ2n) is 6.20. The van der Waals surface area contributed by atoms with Crippen LogP contribution in [0.25, 0.3) is 0 Å². The second-order valence-corrected chi connectivity index (χ2v) is 7.45. The van der Waals surface area contributed by atoms with Crippen molar-refractivity contribution in [3.63, 3.8) is 0 Å². The number of nitrogens with two attached hydrogens (primary N) is 1. The topological polar surface area (TPSA) is 75.4 Å². The summed E-state index contributed by atoms with van der Waals surface area (Å²) in [7, 11) is 0. The molecule has 26 heavy (non-hydrogen) atoms. The summed E-state index contributed by atoms with van der Waals surface area (Å²) in [5.41, 5.74) is 7.68. The van der Waals surface area contributed by atoms with Crippen LogP contribution >= 0.6 is 11.8 Å². The van der Waals surface area contributed by atoms with Crippen LogP contribution in [0.3, 0.4) is 0 Å². The molecule has 136 valence electrons. The molecule has 0 saturated heterocycles. The fraction of sp³-hybridized carbons (Fsp3) is 0.300. The maximum absolute atomic E-state index is 12.8. The molecule has 6 heteroatoms. The molecule has 2 aromatic carbocycles. The van der Waals surface area contributed by atoms with Crippen molar-refractivity contribution >= 4 is 29.3 Å². The lowest BCUT2D eigenvalue weighted by molar-refractivity contribution is -0.132. The molecular formula is C20H23N3O2S. The highest BCUT2D eigenvalue weighted by atomic mass is 32.2. The minimum Gasteiger partial charge on any atom is -0.341 e. The number of rotatable bonds is 7. The zero-order valence-electron chi connectivity index (χ0n) is 14.6. The molecule has 0 fully saturated rings. The van der Waals surface area contributed by atoms with Crippen molar-refractivity contribution in [2.24, 2.45) is 5.73 Å². The van der Waals surface area contributed by atoms with Crippen molar-refractivity contribution in [1.29, 1.82) is 0 Å². The van der Waals surface area contributed by atoms with Gasteiger partial charge < -0.3 is 16.0 Å². The van der Waals surface area contributed by atoms with E-state index < -0.39 is 5.25 Å².